The van der Waals surface area contributed by atoms with Crippen molar-refractivity contribution in [2.24, 2.45) is 0 Å². The number of nitrogens with two attached hydrogens (primary N) is 1. The number of hydrogen-bond acceptors (Lipinski definition) is 11. The molecule has 0 aliphatic carbocycles. The highest BCUT2D eigenvalue weighted by atomic mass is 32.1. The van der Waals surface area contributed by atoms with Crippen LogP contribution < -0.4 is 25.3 Å². The molecule has 0 atom stereocenters. The second-order valence-electron chi connectivity index (χ2n) is 4.76. The highest BCUT2D eigenvalue weighted by Crippen LogP contribution is 2.18. The second kappa shape index (κ2) is 8.40. The first-order valence-corrected chi connectivity index (χ1v) is 8.84. The minimum absolute atomic E-state index is 0.184. The number of nitrogen functional groups attached to an aromatic ring is 1. The molecular weight excluding hydrogens is 380 g/mol. The van der Waals surface area contributed by atoms with Gasteiger partial charge in [0.25, 0.3) is 0 Å². The van der Waals surface area contributed by atoms with Gasteiger partial charge in [0, 0.05) is 29.5 Å². The summed E-state index contributed by atoms with van der Waals surface area (Å²) in [5.41, 5.74) is 6.41. The van der Waals surface area contributed by atoms with E-state index in [1.807, 2.05) is 6.07 Å². The fourth-order valence-electron chi connectivity index (χ4n) is 1.87. The largest absolute Gasteiger partial charge is 0.466 e. The maximum absolute atomic E-state index is 11.9. The summed E-state index contributed by atoms with van der Waals surface area (Å²) in [6.45, 7) is 0.371. The zero-order valence-corrected chi connectivity index (χ0v) is 15.2. The molecule has 26 heavy (non-hydrogen) atoms. The second-order valence-corrected chi connectivity index (χ2v) is 6.30. The van der Waals surface area contributed by atoms with Crippen LogP contribution >= 0.6 is 23.1 Å². The molecule has 3 N–H and O–H groups in total. The van der Waals surface area contributed by atoms with Crippen molar-refractivity contribution >= 4 is 39.4 Å². The van der Waals surface area contributed by atoms with E-state index < -0.39 is 6.09 Å². The molecule has 2 aromatic heterocycles. The minimum atomic E-state index is -0.667. The number of amides is 1. The Hall–Kier alpha value is -2.99. The Morgan fingerprint density at radius 1 is 1.23 bits per heavy atom. The van der Waals surface area contributed by atoms with Gasteiger partial charge in [-0.1, -0.05) is 12.1 Å². The number of carbonyl (C=O) groups is 1. The van der Waals surface area contributed by atoms with Crippen LogP contribution in [0.15, 0.2) is 24.3 Å². The maximum Gasteiger partial charge on any atom is 0.418 e. The molecule has 0 saturated carbocycles. The van der Waals surface area contributed by atoms with Crippen molar-refractivity contribution in [2.45, 2.75) is 6.42 Å². The predicted molar refractivity (Wildman–Crippen MR) is 96.1 cm³/mol. The number of hydrogen-bond donors (Lipinski definition) is 2. The summed E-state index contributed by atoms with van der Waals surface area (Å²) in [7, 11) is 1.44. The Morgan fingerprint density at radius 2 is 2.08 bits per heavy atom. The third-order valence-corrected chi connectivity index (χ3v) is 4.09. The Bertz CT molecular complexity index is 884. The summed E-state index contributed by atoms with van der Waals surface area (Å²) in [5, 5.41) is 3.12. The van der Waals surface area contributed by atoms with Crippen LogP contribution in [0, 0.1) is 0 Å². The van der Waals surface area contributed by atoms with Gasteiger partial charge in [-0.25, -0.2) is 4.79 Å². The minimum Gasteiger partial charge on any atom is -0.466 e. The van der Waals surface area contributed by atoms with Crippen molar-refractivity contribution in [3.63, 3.8) is 0 Å². The van der Waals surface area contributed by atoms with E-state index in [4.69, 9.17) is 19.9 Å². The molecule has 10 nitrogen and oxygen atoms in total. The standard InChI is InChI=1S/C14H14N6O4S2/c1-22-11-17-13(26-19-11)18-14(21)24-9-4-2-3-8(7-9)5-6-23-12-16-10(15)25-20-12/h2-4,7H,5-6H2,1H3,(H2,15,16,20)(H,17,18,19,21). The average molecular weight is 394 g/mol. The quantitative estimate of drug-likeness (QED) is 0.618. The molecule has 0 aliphatic rings. The third kappa shape index (κ3) is 5.00. The molecule has 0 spiro atoms. The van der Waals surface area contributed by atoms with E-state index in [0.29, 0.717) is 23.9 Å². The molecule has 12 heteroatoms. The van der Waals surface area contributed by atoms with E-state index in [0.717, 1.165) is 28.6 Å². The smallest absolute Gasteiger partial charge is 0.418 e. The Kier molecular flexibility index (Phi) is 5.76. The van der Waals surface area contributed by atoms with E-state index in [2.05, 4.69) is 24.0 Å². The Morgan fingerprint density at radius 3 is 2.81 bits per heavy atom. The summed E-state index contributed by atoms with van der Waals surface area (Å²) in [6, 6.07) is 7.53. The van der Waals surface area contributed by atoms with Crippen molar-refractivity contribution < 1.29 is 19.0 Å². The molecule has 0 saturated heterocycles. The molecule has 1 aromatic carbocycles. The lowest BCUT2D eigenvalue weighted by Crippen LogP contribution is -2.16. The first-order valence-electron chi connectivity index (χ1n) is 7.30. The molecule has 136 valence electrons. The van der Waals surface area contributed by atoms with Crippen LogP contribution in [0.5, 0.6) is 17.8 Å². The molecule has 0 aliphatic heterocycles. The van der Waals surface area contributed by atoms with Crippen LogP contribution in [0.1, 0.15) is 5.56 Å². The van der Waals surface area contributed by atoms with E-state index >= 15 is 0 Å². The number of benzene rings is 1. The lowest BCUT2D eigenvalue weighted by Gasteiger charge is -2.06. The summed E-state index contributed by atoms with van der Waals surface area (Å²) in [4.78, 5) is 19.8. The van der Waals surface area contributed by atoms with E-state index in [9.17, 15) is 4.79 Å². The molecule has 1 amide bonds. The molecule has 3 aromatic rings. The zero-order valence-electron chi connectivity index (χ0n) is 13.5. The topological polar surface area (TPSA) is 134 Å². The first kappa shape index (κ1) is 17.8. The van der Waals surface area contributed by atoms with Gasteiger partial charge in [-0.3, -0.25) is 5.32 Å². The maximum atomic E-state index is 11.9. The van der Waals surface area contributed by atoms with Crippen LogP contribution in [0.25, 0.3) is 0 Å². The number of rotatable bonds is 7. The van der Waals surface area contributed by atoms with Crippen LogP contribution in [0.3, 0.4) is 0 Å². The zero-order chi connectivity index (χ0) is 18.4. The number of anilines is 2. The summed E-state index contributed by atoms with van der Waals surface area (Å²) < 4.78 is 23.3. The summed E-state index contributed by atoms with van der Waals surface area (Å²) >= 11 is 2.07. The fourth-order valence-corrected chi connectivity index (χ4v) is 2.78. The number of nitrogens with zero attached hydrogens (tertiary/aromatic N) is 4. The van der Waals surface area contributed by atoms with Crippen molar-refractivity contribution in [1.29, 1.82) is 0 Å². The van der Waals surface area contributed by atoms with Crippen LogP contribution in [0.4, 0.5) is 15.1 Å². The van der Waals surface area contributed by atoms with Gasteiger partial charge in [-0.05, 0) is 17.7 Å². The first-order chi connectivity index (χ1) is 12.6. The normalized spacial score (nSPS) is 10.3. The average Bonchev–Trinajstić information content (AvgIpc) is 3.24. The van der Waals surface area contributed by atoms with Crippen LogP contribution in [-0.4, -0.2) is 38.5 Å². The van der Waals surface area contributed by atoms with Gasteiger partial charge in [-0.2, -0.15) is 9.97 Å². The van der Waals surface area contributed by atoms with Crippen LogP contribution in [0.2, 0.25) is 0 Å². The third-order valence-electron chi connectivity index (χ3n) is 2.95. The van der Waals surface area contributed by atoms with Gasteiger partial charge in [-0.15, -0.1) is 8.75 Å². The SMILES string of the molecule is COc1nsc(NC(=O)Oc2cccc(CCOc3nsc(N)n3)c2)n1. The molecule has 2 heterocycles. The molecular formula is C14H14N6O4S2. The van der Waals surface area contributed by atoms with E-state index in [1.165, 1.54) is 7.11 Å². The van der Waals surface area contributed by atoms with E-state index in [1.54, 1.807) is 18.2 Å². The lowest BCUT2D eigenvalue weighted by atomic mass is 10.1. The highest BCUT2D eigenvalue weighted by Gasteiger charge is 2.10. The van der Waals surface area contributed by atoms with Crippen LogP contribution in [-0.2, 0) is 6.42 Å². The summed E-state index contributed by atoms with van der Waals surface area (Å²) in [5.74, 6) is 0.396. The van der Waals surface area contributed by atoms with Gasteiger partial charge in [0.1, 0.15) is 5.75 Å². The molecule has 0 bridgehead atoms. The van der Waals surface area contributed by atoms with Gasteiger partial charge in [0.15, 0.2) is 0 Å². The number of ether oxygens (including phenoxy) is 3. The fraction of sp³-hybridized carbons (Fsp3) is 0.214. The number of carbonyl (C=O) groups excluding carboxylic acids is 1. The number of aromatic nitrogens is 4. The predicted octanol–water partition coefficient (Wildman–Crippen LogP) is 2.21. The lowest BCUT2D eigenvalue weighted by molar-refractivity contribution is 0.215. The van der Waals surface area contributed by atoms with Gasteiger partial charge >= 0.3 is 18.1 Å². The van der Waals surface area contributed by atoms with E-state index in [-0.39, 0.29) is 17.2 Å². The van der Waals surface area contributed by atoms with Gasteiger partial charge in [0.05, 0.1) is 13.7 Å². The molecule has 0 unspecified atom stereocenters. The molecule has 3 rings (SSSR count). The molecule has 0 fully saturated rings. The monoisotopic (exact) mass is 394 g/mol. The van der Waals surface area contributed by atoms with Crippen molar-refractivity contribution in [2.75, 3.05) is 24.8 Å². The number of nitrogens with one attached hydrogen (secondary N) is 1. The number of methoxy groups -OCH3 is 1. The van der Waals surface area contributed by atoms with Gasteiger partial charge < -0.3 is 19.9 Å². The van der Waals surface area contributed by atoms with Crippen molar-refractivity contribution in [3.8, 4) is 17.8 Å². The molecule has 0 radical (unpaired) electrons. The highest BCUT2D eigenvalue weighted by molar-refractivity contribution is 7.10. The Balaban J connectivity index is 1.50. The summed E-state index contributed by atoms with van der Waals surface area (Å²) in [6.07, 6.45) is -0.0784. The Labute approximate surface area is 156 Å². The van der Waals surface area contributed by atoms with Gasteiger partial charge in [0.2, 0.25) is 10.3 Å². The van der Waals surface area contributed by atoms with Crippen molar-refractivity contribution in [1.82, 2.24) is 18.7 Å². The van der Waals surface area contributed by atoms with Crippen molar-refractivity contribution in [3.05, 3.63) is 29.8 Å².